The van der Waals surface area contributed by atoms with Crippen molar-refractivity contribution in [3.63, 3.8) is 0 Å². The van der Waals surface area contributed by atoms with Gasteiger partial charge in [-0.15, -0.1) is 0 Å². The average Bonchev–Trinajstić information content (AvgIpc) is 2.81. The molecule has 1 aliphatic heterocycles. The highest BCUT2D eigenvalue weighted by molar-refractivity contribution is 5.79. The third-order valence-corrected chi connectivity index (χ3v) is 5.00. The number of nitrogens with zero attached hydrogens (tertiary/aromatic N) is 2. The lowest BCUT2D eigenvalue weighted by Gasteiger charge is -2.26. The van der Waals surface area contributed by atoms with E-state index in [9.17, 15) is 8.78 Å². The second-order valence-corrected chi connectivity index (χ2v) is 7.22. The highest BCUT2D eigenvalue weighted by Gasteiger charge is 2.11. The number of ether oxygens (including phenoxy) is 3. The van der Waals surface area contributed by atoms with E-state index < -0.39 is 6.61 Å². The molecule has 0 spiro atoms. The van der Waals surface area contributed by atoms with Gasteiger partial charge in [-0.05, 0) is 23.8 Å². The van der Waals surface area contributed by atoms with Crippen molar-refractivity contribution in [3.8, 4) is 11.5 Å². The summed E-state index contributed by atoms with van der Waals surface area (Å²) in [5.41, 5.74) is 1.66. The molecule has 7 nitrogen and oxygen atoms in total. The maximum absolute atomic E-state index is 12.6. The summed E-state index contributed by atoms with van der Waals surface area (Å²) in [7, 11) is 1.65. The average molecular weight is 449 g/mol. The number of hydrogen-bond acceptors (Lipinski definition) is 5. The molecule has 3 rings (SSSR count). The molecule has 2 aromatic rings. The fourth-order valence-corrected chi connectivity index (χ4v) is 3.31. The van der Waals surface area contributed by atoms with E-state index in [4.69, 9.17) is 9.47 Å². The fourth-order valence-electron chi connectivity index (χ4n) is 3.31. The van der Waals surface area contributed by atoms with E-state index in [2.05, 4.69) is 25.3 Å². The van der Waals surface area contributed by atoms with E-state index >= 15 is 0 Å². The first-order valence-electron chi connectivity index (χ1n) is 10.6. The Hall–Kier alpha value is -2.91. The van der Waals surface area contributed by atoms with Crippen LogP contribution in [0.15, 0.2) is 53.5 Å². The summed E-state index contributed by atoms with van der Waals surface area (Å²) in [6.45, 7) is 2.91. The van der Waals surface area contributed by atoms with Crippen LogP contribution in [0.4, 0.5) is 8.78 Å². The lowest BCUT2D eigenvalue weighted by Crippen LogP contribution is -2.38. The first kappa shape index (κ1) is 23.7. The van der Waals surface area contributed by atoms with Crippen LogP contribution in [0.5, 0.6) is 11.5 Å². The SMILES string of the molecule is CN=C(NCc1cccc(OCCN2CCOCC2)c1)NCc1ccccc1OC(F)F. The summed E-state index contributed by atoms with van der Waals surface area (Å²) in [5.74, 6) is 1.52. The summed E-state index contributed by atoms with van der Waals surface area (Å²) in [4.78, 5) is 6.52. The number of aliphatic imine (C=N–C) groups is 1. The number of benzene rings is 2. The zero-order chi connectivity index (χ0) is 22.6. The largest absolute Gasteiger partial charge is 0.492 e. The van der Waals surface area contributed by atoms with Crippen LogP contribution < -0.4 is 20.1 Å². The molecular formula is C23H30F2N4O3. The van der Waals surface area contributed by atoms with Crippen molar-refractivity contribution in [1.29, 1.82) is 0 Å². The van der Waals surface area contributed by atoms with Crippen LogP contribution in [-0.4, -0.2) is 64.0 Å². The molecule has 1 saturated heterocycles. The molecule has 0 aliphatic carbocycles. The number of halogens is 2. The Labute approximate surface area is 187 Å². The molecule has 0 atom stereocenters. The minimum atomic E-state index is -2.86. The van der Waals surface area contributed by atoms with Gasteiger partial charge in [-0.2, -0.15) is 8.78 Å². The smallest absolute Gasteiger partial charge is 0.387 e. The number of guanidine groups is 1. The molecule has 2 aromatic carbocycles. The molecule has 32 heavy (non-hydrogen) atoms. The summed E-state index contributed by atoms with van der Waals surface area (Å²) in [6.07, 6.45) is 0. The second-order valence-electron chi connectivity index (χ2n) is 7.22. The third-order valence-electron chi connectivity index (χ3n) is 5.00. The van der Waals surface area contributed by atoms with Crippen molar-refractivity contribution >= 4 is 5.96 Å². The Morgan fingerprint density at radius 3 is 2.66 bits per heavy atom. The molecule has 174 valence electrons. The van der Waals surface area contributed by atoms with E-state index in [1.54, 1.807) is 25.2 Å². The number of nitrogens with one attached hydrogen (secondary N) is 2. The predicted molar refractivity (Wildman–Crippen MR) is 119 cm³/mol. The molecule has 0 bridgehead atoms. The van der Waals surface area contributed by atoms with Gasteiger partial charge in [0.15, 0.2) is 5.96 Å². The first-order chi connectivity index (χ1) is 15.6. The molecule has 0 aromatic heterocycles. The Morgan fingerprint density at radius 1 is 1.09 bits per heavy atom. The maximum Gasteiger partial charge on any atom is 0.387 e. The van der Waals surface area contributed by atoms with Crippen LogP contribution in [-0.2, 0) is 17.8 Å². The standard InChI is InChI=1S/C23H30F2N4O3/c1-26-23(28-17-19-6-2-3-8-21(19)32-22(24)25)27-16-18-5-4-7-20(15-18)31-14-11-29-9-12-30-13-10-29/h2-8,15,22H,9-14,16-17H2,1H3,(H2,26,27,28). The normalized spacial score (nSPS) is 14.9. The van der Waals surface area contributed by atoms with Crippen LogP contribution in [0.3, 0.4) is 0 Å². The highest BCUT2D eigenvalue weighted by Crippen LogP contribution is 2.20. The van der Waals surface area contributed by atoms with Gasteiger partial charge in [0.1, 0.15) is 18.1 Å². The van der Waals surface area contributed by atoms with Gasteiger partial charge in [0.25, 0.3) is 0 Å². The number of morpholine rings is 1. The molecule has 0 unspecified atom stereocenters. The van der Waals surface area contributed by atoms with Gasteiger partial charge in [-0.3, -0.25) is 9.89 Å². The van der Waals surface area contributed by atoms with Crippen molar-refractivity contribution in [2.45, 2.75) is 19.7 Å². The van der Waals surface area contributed by atoms with Gasteiger partial charge >= 0.3 is 6.61 Å². The summed E-state index contributed by atoms with van der Waals surface area (Å²) in [6, 6.07) is 14.6. The van der Waals surface area contributed by atoms with E-state index in [0.29, 0.717) is 31.2 Å². The zero-order valence-corrected chi connectivity index (χ0v) is 18.2. The molecular weight excluding hydrogens is 418 g/mol. The van der Waals surface area contributed by atoms with Gasteiger partial charge in [0.2, 0.25) is 0 Å². The Kier molecular flexibility index (Phi) is 9.52. The first-order valence-corrected chi connectivity index (χ1v) is 10.6. The van der Waals surface area contributed by atoms with Crippen molar-refractivity contribution in [1.82, 2.24) is 15.5 Å². The molecule has 1 aliphatic rings. The summed E-state index contributed by atoms with van der Waals surface area (Å²) < 4.78 is 41.0. The van der Waals surface area contributed by atoms with Crippen LogP contribution in [0.2, 0.25) is 0 Å². The molecule has 2 N–H and O–H groups in total. The predicted octanol–water partition coefficient (Wildman–Crippen LogP) is 2.86. The Morgan fingerprint density at radius 2 is 1.88 bits per heavy atom. The second kappa shape index (κ2) is 12.8. The quantitative estimate of drug-likeness (QED) is 0.431. The fraction of sp³-hybridized carbons (Fsp3) is 0.435. The van der Waals surface area contributed by atoms with Gasteiger partial charge in [0, 0.05) is 45.3 Å². The van der Waals surface area contributed by atoms with Crippen LogP contribution in [0.25, 0.3) is 0 Å². The van der Waals surface area contributed by atoms with E-state index in [1.165, 1.54) is 6.07 Å². The maximum atomic E-state index is 12.6. The van der Waals surface area contributed by atoms with Crippen molar-refractivity contribution < 1.29 is 23.0 Å². The molecule has 9 heteroatoms. The molecule has 0 amide bonds. The summed E-state index contributed by atoms with van der Waals surface area (Å²) in [5, 5.41) is 6.35. The minimum Gasteiger partial charge on any atom is -0.492 e. The molecule has 1 fully saturated rings. The van der Waals surface area contributed by atoms with Crippen LogP contribution in [0.1, 0.15) is 11.1 Å². The van der Waals surface area contributed by atoms with E-state index in [1.807, 2.05) is 24.3 Å². The Bertz CT molecular complexity index is 861. The van der Waals surface area contributed by atoms with Gasteiger partial charge in [-0.25, -0.2) is 0 Å². The number of rotatable bonds is 10. The molecule has 0 radical (unpaired) electrons. The van der Waals surface area contributed by atoms with E-state index in [0.717, 1.165) is 44.2 Å². The van der Waals surface area contributed by atoms with Gasteiger partial charge in [0.05, 0.1) is 13.2 Å². The minimum absolute atomic E-state index is 0.146. The van der Waals surface area contributed by atoms with Gasteiger partial charge in [-0.1, -0.05) is 30.3 Å². The Balaban J connectivity index is 1.45. The number of para-hydroxylation sites is 1. The third kappa shape index (κ3) is 7.97. The number of hydrogen-bond donors (Lipinski definition) is 2. The van der Waals surface area contributed by atoms with Crippen LogP contribution in [0, 0.1) is 0 Å². The van der Waals surface area contributed by atoms with Gasteiger partial charge < -0.3 is 24.8 Å². The molecule has 0 saturated carbocycles. The monoisotopic (exact) mass is 448 g/mol. The highest BCUT2D eigenvalue weighted by atomic mass is 19.3. The lowest BCUT2D eigenvalue weighted by atomic mass is 10.2. The van der Waals surface area contributed by atoms with Crippen molar-refractivity contribution in [2.75, 3.05) is 46.5 Å². The number of alkyl halides is 2. The lowest BCUT2D eigenvalue weighted by molar-refractivity contribution is -0.0504. The molecule has 1 heterocycles. The van der Waals surface area contributed by atoms with Crippen LogP contribution >= 0.6 is 0 Å². The summed E-state index contributed by atoms with van der Waals surface area (Å²) >= 11 is 0. The van der Waals surface area contributed by atoms with Crippen molar-refractivity contribution in [2.24, 2.45) is 4.99 Å². The topological polar surface area (TPSA) is 67.4 Å². The van der Waals surface area contributed by atoms with E-state index in [-0.39, 0.29) is 5.75 Å². The zero-order valence-electron chi connectivity index (χ0n) is 18.2. The van der Waals surface area contributed by atoms with Crippen molar-refractivity contribution in [3.05, 3.63) is 59.7 Å².